The van der Waals surface area contributed by atoms with Crippen LogP contribution in [0.2, 0.25) is 0 Å². The van der Waals surface area contributed by atoms with Crippen LogP contribution in [0.5, 0.6) is 0 Å². The quantitative estimate of drug-likeness (QED) is 0.837. The van der Waals surface area contributed by atoms with Gasteiger partial charge in [0.25, 0.3) is 5.56 Å². The van der Waals surface area contributed by atoms with Gasteiger partial charge in [-0.25, -0.2) is 9.78 Å². The van der Waals surface area contributed by atoms with Crippen LogP contribution in [-0.4, -0.2) is 31.5 Å². The Hall–Kier alpha value is -1.50. The highest BCUT2D eigenvalue weighted by atomic mass is 32.2. The highest BCUT2D eigenvalue weighted by molar-refractivity contribution is 7.98. The van der Waals surface area contributed by atoms with Gasteiger partial charge in [0.15, 0.2) is 5.65 Å². The molecule has 2 aromatic heterocycles. The monoisotopic (exact) mass is 268 g/mol. The zero-order chi connectivity index (χ0) is 13.1. The second kappa shape index (κ2) is 5.43. The van der Waals surface area contributed by atoms with Crippen molar-refractivity contribution in [3.63, 3.8) is 0 Å². The molecule has 0 radical (unpaired) electrons. The van der Waals surface area contributed by atoms with E-state index in [1.54, 1.807) is 11.8 Å². The van der Waals surface area contributed by atoms with Gasteiger partial charge in [-0.05, 0) is 12.7 Å². The summed E-state index contributed by atoms with van der Waals surface area (Å²) in [6.07, 6.45) is 3.59. The maximum Gasteiger partial charge on any atom is 0.330 e. The van der Waals surface area contributed by atoms with E-state index in [9.17, 15) is 9.59 Å². The molecule has 2 heterocycles. The fourth-order valence-corrected chi connectivity index (χ4v) is 2.23. The van der Waals surface area contributed by atoms with E-state index in [1.165, 1.54) is 4.57 Å². The lowest BCUT2D eigenvalue weighted by molar-refractivity contribution is 0.652. The average molecular weight is 268 g/mol. The number of nitrogens with one attached hydrogen (secondary N) is 2. The predicted molar refractivity (Wildman–Crippen MR) is 73.4 cm³/mol. The Morgan fingerprint density at radius 1 is 1.33 bits per heavy atom. The number of aromatic nitrogens is 4. The molecule has 0 aliphatic carbocycles. The number of hydrogen-bond donors (Lipinski definition) is 2. The first-order chi connectivity index (χ1) is 8.67. The summed E-state index contributed by atoms with van der Waals surface area (Å²) in [7, 11) is 0. The Morgan fingerprint density at radius 3 is 2.78 bits per heavy atom. The summed E-state index contributed by atoms with van der Waals surface area (Å²) < 4.78 is 1.51. The van der Waals surface area contributed by atoms with Gasteiger partial charge in [0.1, 0.15) is 11.3 Å². The number of imidazole rings is 1. The number of rotatable bonds is 5. The molecule has 0 saturated carbocycles. The van der Waals surface area contributed by atoms with E-state index in [1.807, 2.05) is 13.2 Å². The van der Waals surface area contributed by atoms with Crippen LogP contribution >= 0.6 is 11.8 Å². The van der Waals surface area contributed by atoms with Gasteiger partial charge in [-0.1, -0.05) is 6.92 Å². The normalized spacial score (nSPS) is 11.2. The smallest absolute Gasteiger partial charge is 0.330 e. The minimum atomic E-state index is -0.398. The van der Waals surface area contributed by atoms with E-state index in [0.717, 1.165) is 24.4 Å². The van der Waals surface area contributed by atoms with Crippen molar-refractivity contribution in [3.05, 3.63) is 26.7 Å². The molecular weight excluding hydrogens is 252 g/mol. The molecule has 0 bridgehead atoms. The number of thioether (sulfide) groups is 1. The standard InChI is InChI=1S/C11H16N4O2S/c1-3-5-15-9-8(10(16)14-11(15)17)12-7(13-9)4-6-18-2/h3-6H2,1-2H3,(H,12,13)(H,14,16,17). The molecule has 0 spiro atoms. The number of aromatic amines is 2. The van der Waals surface area contributed by atoms with Crippen molar-refractivity contribution in [1.29, 1.82) is 0 Å². The summed E-state index contributed by atoms with van der Waals surface area (Å²) in [5, 5.41) is 0. The zero-order valence-electron chi connectivity index (χ0n) is 10.4. The van der Waals surface area contributed by atoms with Gasteiger partial charge in [0.05, 0.1) is 0 Å². The van der Waals surface area contributed by atoms with Crippen LogP contribution in [0, 0.1) is 0 Å². The van der Waals surface area contributed by atoms with E-state index in [0.29, 0.717) is 17.7 Å². The molecule has 0 atom stereocenters. The number of fused-ring (bicyclic) bond motifs is 1. The second-order valence-electron chi connectivity index (χ2n) is 4.04. The molecule has 0 saturated heterocycles. The number of hydrogen-bond acceptors (Lipinski definition) is 4. The molecule has 2 aromatic rings. The summed E-state index contributed by atoms with van der Waals surface area (Å²) in [5.74, 6) is 1.68. The molecule has 98 valence electrons. The number of H-pyrrole nitrogens is 2. The van der Waals surface area contributed by atoms with Crippen LogP contribution in [0.3, 0.4) is 0 Å². The van der Waals surface area contributed by atoms with Crippen molar-refractivity contribution in [2.24, 2.45) is 0 Å². The molecule has 0 aliphatic rings. The minimum absolute atomic E-state index is 0.388. The van der Waals surface area contributed by atoms with Crippen molar-refractivity contribution < 1.29 is 0 Å². The van der Waals surface area contributed by atoms with Crippen LogP contribution in [0.4, 0.5) is 0 Å². The van der Waals surface area contributed by atoms with Crippen LogP contribution < -0.4 is 11.2 Å². The van der Waals surface area contributed by atoms with E-state index >= 15 is 0 Å². The Balaban J connectivity index is 2.58. The van der Waals surface area contributed by atoms with Gasteiger partial charge in [-0.3, -0.25) is 14.3 Å². The van der Waals surface area contributed by atoms with Crippen molar-refractivity contribution in [2.75, 3.05) is 12.0 Å². The third-order valence-electron chi connectivity index (χ3n) is 2.67. The minimum Gasteiger partial charge on any atom is -0.336 e. The highest BCUT2D eigenvalue weighted by Crippen LogP contribution is 2.07. The van der Waals surface area contributed by atoms with Gasteiger partial charge in [-0.15, -0.1) is 0 Å². The molecule has 0 aromatic carbocycles. The SMILES string of the molecule is CCCn1c(=O)[nH]c(=O)c2[nH]c(CCSC)nc21. The fourth-order valence-electron chi connectivity index (χ4n) is 1.84. The van der Waals surface area contributed by atoms with E-state index in [2.05, 4.69) is 15.0 Å². The van der Waals surface area contributed by atoms with Crippen molar-refractivity contribution in [2.45, 2.75) is 26.3 Å². The lowest BCUT2D eigenvalue weighted by atomic mass is 10.4. The zero-order valence-corrected chi connectivity index (χ0v) is 11.3. The summed E-state index contributed by atoms with van der Waals surface area (Å²) >= 11 is 1.71. The Labute approximate surface area is 108 Å². The van der Waals surface area contributed by atoms with Crippen molar-refractivity contribution in [3.8, 4) is 0 Å². The molecular formula is C11H16N4O2S. The maximum absolute atomic E-state index is 11.7. The number of aryl methyl sites for hydroxylation is 2. The molecule has 0 unspecified atom stereocenters. The first-order valence-electron chi connectivity index (χ1n) is 5.88. The first kappa shape index (κ1) is 12.9. The molecule has 6 nitrogen and oxygen atoms in total. The van der Waals surface area contributed by atoms with Crippen LogP contribution in [0.15, 0.2) is 9.59 Å². The van der Waals surface area contributed by atoms with Gasteiger partial charge in [0.2, 0.25) is 0 Å². The van der Waals surface area contributed by atoms with E-state index in [4.69, 9.17) is 0 Å². The average Bonchev–Trinajstić information content (AvgIpc) is 2.76. The largest absolute Gasteiger partial charge is 0.336 e. The second-order valence-corrected chi connectivity index (χ2v) is 5.02. The van der Waals surface area contributed by atoms with E-state index < -0.39 is 11.2 Å². The predicted octanol–water partition coefficient (Wildman–Crippen LogP) is 0.728. The molecule has 0 amide bonds. The summed E-state index contributed by atoms with van der Waals surface area (Å²) in [5.41, 5.74) is 0.0587. The maximum atomic E-state index is 11.7. The van der Waals surface area contributed by atoms with Gasteiger partial charge < -0.3 is 4.98 Å². The topological polar surface area (TPSA) is 83.5 Å². The Bertz CT molecular complexity index is 655. The lowest BCUT2D eigenvalue weighted by Crippen LogP contribution is -2.30. The molecule has 0 aliphatic heterocycles. The van der Waals surface area contributed by atoms with Gasteiger partial charge in [0, 0.05) is 18.7 Å². The molecule has 0 fully saturated rings. The van der Waals surface area contributed by atoms with Crippen LogP contribution in [-0.2, 0) is 13.0 Å². The lowest BCUT2D eigenvalue weighted by Gasteiger charge is -2.02. The Kier molecular flexibility index (Phi) is 3.90. The summed E-state index contributed by atoms with van der Waals surface area (Å²) in [4.78, 5) is 33.1. The van der Waals surface area contributed by atoms with Gasteiger partial charge in [-0.2, -0.15) is 11.8 Å². The number of nitrogens with zero attached hydrogens (tertiary/aromatic N) is 2. The molecule has 18 heavy (non-hydrogen) atoms. The third kappa shape index (κ3) is 2.35. The van der Waals surface area contributed by atoms with Crippen molar-refractivity contribution >= 4 is 22.9 Å². The first-order valence-corrected chi connectivity index (χ1v) is 7.27. The fraction of sp³-hybridized carbons (Fsp3) is 0.545. The van der Waals surface area contributed by atoms with E-state index in [-0.39, 0.29) is 0 Å². The van der Waals surface area contributed by atoms with Crippen LogP contribution in [0.25, 0.3) is 11.2 Å². The molecule has 2 N–H and O–H groups in total. The molecule has 7 heteroatoms. The summed E-state index contributed by atoms with van der Waals surface area (Å²) in [6, 6.07) is 0. The van der Waals surface area contributed by atoms with Crippen molar-refractivity contribution in [1.82, 2.24) is 19.5 Å². The van der Waals surface area contributed by atoms with Gasteiger partial charge >= 0.3 is 5.69 Å². The Morgan fingerprint density at radius 2 is 2.11 bits per heavy atom. The molecule has 2 rings (SSSR count). The van der Waals surface area contributed by atoms with Crippen LogP contribution in [0.1, 0.15) is 19.2 Å². The highest BCUT2D eigenvalue weighted by Gasteiger charge is 2.11. The summed E-state index contributed by atoms with van der Waals surface area (Å²) in [6.45, 7) is 2.53. The third-order valence-corrected chi connectivity index (χ3v) is 3.28.